The van der Waals surface area contributed by atoms with Gasteiger partial charge in [-0.05, 0) is 42.5 Å². The molecule has 2 aromatic heterocycles. The number of benzene rings is 1. The number of nitrogens with zero attached hydrogens (tertiary/aromatic N) is 4. The van der Waals surface area contributed by atoms with Gasteiger partial charge in [0, 0.05) is 45.1 Å². The molecule has 0 spiro atoms. The lowest BCUT2D eigenvalue weighted by Gasteiger charge is -2.17. The molecule has 1 aliphatic rings. The second kappa shape index (κ2) is 9.74. The fourth-order valence-corrected chi connectivity index (χ4v) is 3.93. The minimum atomic E-state index is 0.206. The third-order valence-electron chi connectivity index (χ3n) is 5.65. The van der Waals surface area contributed by atoms with Crippen LogP contribution in [0.2, 0.25) is 0 Å². The molecule has 0 amide bonds. The Kier molecular flexibility index (Phi) is 6.61. The van der Waals surface area contributed by atoms with Gasteiger partial charge in [0.1, 0.15) is 5.84 Å². The lowest BCUT2D eigenvalue weighted by Crippen LogP contribution is -2.16. The van der Waals surface area contributed by atoms with Gasteiger partial charge in [0.05, 0.1) is 23.7 Å². The van der Waals surface area contributed by atoms with E-state index in [1.807, 2.05) is 17.9 Å². The molecule has 3 N–H and O–H groups in total. The zero-order chi connectivity index (χ0) is 22.5. The highest BCUT2D eigenvalue weighted by atomic mass is 16.5. The van der Waals surface area contributed by atoms with Crippen molar-refractivity contribution < 1.29 is 4.74 Å². The number of amidine groups is 1. The van der Waals surface area contributed by atoms with E-state index in [9.17, 15) is 0 Å². The molecule has 8 heteroatoms. The molecule has 2 heterocycles. The zero-order valence-corrected chi connectivity index (χ0v) is 18.8. The highest BCUT2D eigenvalue weighted by molar-refractivity contribution is 6.00. The number of methoxy groups -OCH3 is 1. The van der Waals surface area contributed by atoms with Crippen LogP contribution in [0.3, 0.4) is 0 Å². The van der Waals surface area contributed by atoms with Crippen LogP contribution in [0.1, 0.15) is 28.1 Å². The van der Waals surface area contributed by atoms with Gasteiger partial charge in [0.15, 0.2) is 0 Å². The lowest BCUT2D eigenvalue weighted by atomic mass is 9.91. The number of aromatic nitrogens is 4. The fourth-order valence-electron chi connectivity index (χ4n) is 3.93. The van der Waals surface area contributed by atoms with Gasteiger partial charge in [-0.25, -0.2) is 9.97 Å². The molecule has 32 heavy (non-hydrogen) atoms. The number of ether oxygens (including phenoxy) is 1. The molecule has 4 rings (SSSR count). The van der Waals surface area contributed by atoms with Gasteiger partial charge in [-0.15, -0.1) is 0 Å². The van der Waals surface area contributed by atoms with Crippen molar-refractivity contribution in [3.8, 4) is 11.3 Å². The molecular weight excluding hydrogens is 402 g/mol. The van der Waals surface area contributed by atoms with Crippen molar-refractivity contribution in [2.75, 3.05) is 25.6 Å². The van der Waals surface area contributed by atoms with Gasteiger partial charge in [-0.3, -0.25) is 10.1 Å². The monoisotopic (exact) mass is 431 g/mol. The van der Waals surface area contributed by atoms with Crippen LogP contribution in [0, 0.1) is 12.3 Å². The molecule has 0 unspecified atom stereocenters. The topological polar surface area (TPSA) is 101 Å². The molecule has 0 radical (unpaired) electrons. The Labute approximate surface area is 188 Å². The summed E-state index contributed by atoms with van der Waals surface area (Å²) in [6, 6.07) is 8.44. The Morgan fingerprint density at radius 1 is 1.28 bits per heavy atom. The van der Waals surface area contributed by atoms with E-state index in [2.05, 4.69) is 46.8 Å². The van der Waals surface area contributed by atoms with E-state index in [0.717, 1.165) is 47.5 Å². The normalized spacial score (nSPS) is 12.5. The standard InChI is InChI=1S/C24H29N7O/c1-16-6-4-5-7-17(16)14-20-22-19(30-31(20)2)9-8-18-15-27-24(29-23(18)22)28-21(25)10-11-26-12-13-32-3/h4-7,10-11,15,26H,8-9,12-14H2,1-3H3,(H2,25,27,28,29)/b11-10-. The second-order valence-electron chi connectivity index (χ2n) is 7.88. The predicted molar refractivity (Wildman–Crippen MR) is 126 cm³/mol. The third kappa shape index (κ3) is 4.70. The lowest BCUT2D eigenvalue weighted by molar-refractivity contribution is 0.203. The number of aryl methyl sites for hydroxylation is 4. The van der Waals surface area contributed by atoms with Crippen LogP contribution in [0.15, 0.2) is 42.7 Å². The van der Waals surface area contributed by atoms with Crippen molar-refractivity contribution >= 4 is 11.8 Å². The first-order valence-electron chi connectivity index (χ1n) is 10.8. The van der Waals surface area contributed by atoms with Gasteiger partial charge in [0.2, 0.25) is 5.95 Å². The van der Waals surface area contributed by atoms with Crippen molar-refractivity contribution in [2.24, 2.45) is 7.05 Å². The van der Waals surface area contributed by atoms with Gasteiger partial charge in [-0.2, -0.15) is 5.10 Å². The molecule has 8 nitrogen and oxygen atoms in total. The van der Waals surface area contributed by atoms with Crippen molar-refractivity contribution in [1.29, 1.82) is 5.41 Å². The summed E-state index contributed by atoms with van der Waals surface area (Å²) in [5.74, 6) is 0.617. The van der Waals surface area contributed by atoms with Crippen LogP contribution in [-0.4, -0.2) is 45.8 Å². The van der Waals surface area contributed by atoms with Crippen molar-refractivity contribution in [1.82, 2.24) is 25.1 Å². The van der Waals surface area contributed by atoms with E-state index in [1.54, 1.807) is 19.4 Å². The summed E-state index contributed by atoms with van der Waals surface area (Å²) in [4.78, 5) is 9.23. The number of hydrogen-bond acceptors (Lipinski definition) is 6. The molecule has 0 saturated heterocycles. The second-order valence-corrected chi connectivity index (χ2v) is 7.88. The van der Waals surface area contributed by atoms with E-state index in [-0.39, 0.29) is 5.84 Å². The van der Waals surface area contributed by atoms with Gasteiger partial charge >= 0.3 is 0 Å². The van der Waals surface area contributed by atoms with Crippen LogP contribution in [-0.2, 0) is 31.0 Å². The summed E-state index contributed by atoms with van der Waals surface area (Å²) in [5, 5.41) is 19.0. The average molecular weight is 432 g/mol. The van der Waals surface area contributed by atoms with Crippen LogP contribution < -0.4 is 10.6 Å². The third-order valence-corrected chi connectivity index (χ3v) is 5.65. The van der Waals surface area contributed by atoms with Crippen molar-refractivity contribution in [3.05, 3.63) is 70.8 Å². The Morgan fingerprint density at radius 2 is 2.12 bits per heavy atom. The first-order valence-corrected chi connectivity index (χ1v) is 10.8. The van der Waals surface area contributed by atoms with E-state index in [0.29, 0.717) is 19.1 Å². The maximum absolute atomic E-state index is 8.14. The van der Waals surface area contributed by atoms with Crippen LogP contribution >= 0.6 is 0 Å². The summed E-state index contributed by atoms with van der Waals surface area (Å²) >= 11 is 0. The predicted octanol–water partition coefficient (Wildman–Crippen LogP) is 3.01. The largest absolute Gasteiger partial charge is 0.388 e. The number of hydrogen-bond donors (Lipinski definition) is 3. The summed E-state index contributed by atoms with van der Waals surface area (Å²) in [5.41, 5.74) is 7.91. The first kappa shape index (κ1) is 21.7. The maximum atomic E-state index is 8.14. The molecule has 0 aliphatic heterocycles. The molecule has 0 saturated carbocycles. The summed E-state index contributed by atoms with van der Waals surface area (Å²) < 4.78 is 6.97. The average Bonchev–Trinajstić information content (AvgIpc) is 3.10. The highest BCUT2D eigenvalue weighted by Crippen LogP contribution is 2.35. The van der Waals surface area contributed by atoms with Gasteiger partial charge < -0.3 is 15.4 Å². The fraction of sp³-hybridized carbons (Fsp3) is 0.333. The minimum Gasteiger partial charge on any atom is -0.388 e. The Balaban J connectivity index is 1.59. The molecule has 0 bridgehead atoms. The molecule has 3 aromatic rings. The highest BCUT2D eigenvalue weighted by Gasteiger charge is 2.26. The molecule has 0 atom stereocenters. The van der Waals surface area contributed by atoms with Gasteiger partial charge in [-0.1, -0.05) is 24.3 Å². The maximum Gasteiger partial charge on any atom is 0.228 e. The van der Waals surface area contributed by atoms with E-state index >= 15 is 0 Å². The van der Waals surface area contributed by atoms with Gasteiger partial charge in [0.25, 0.3) is 0 Å². The smallest absolute Gasteiger partial charge is 0.228 e. The van der Waals surface area contributed by atoms with Crippen LogP contribution in [0.5, 0.6) is 0 Å². The van der Waals surface area contributed by atoms with E-state index in [1.165, 1.54) is 11.1 Å². The number of anilines is 1. The van der Waals surface area contributed by atoms with E-state index in [4.69, 9.17) is 20.2 Å². The quantitative estimate of drug-likeness (QED) is 0.288. The first-order chi connectivity index (χ1) is 15.6. The Bertz CT molecular complexity index is 1150. The Morgan fingerprint density at radius 3 is 2.94 bits per heavy atom. The number of fused-ring (bicyclic) bond motifs is 3. The number of nitrogens with one attached hydrogen (secondary N) is 3. The summed E-state index contributed by atoms with van der Waals surface area (Å²) in [7, 11) is 3.66. The molecule has 1 aromatic carbocycles. The number of rotatable bonds is 8. The molecule has 0 fully saturated rings. The van der Waals surface area contributed by atoms with Crippen LogP contribution in [0.25, 0.3) is 11.3 Å². The zero-order valence-electron chi connectivity index (χ0n) is 18.8. The molecular formula is C24H29N7O. The SMILES string of the molecule is COCCN/C=C\C(=N)Nc1ncc2c(n1)-c1c(nn(C)c1Cc1ccccc1C)CC2. The Hall–Kier alpha value is -3.52. The summed E-state index contributed by atoms with van der Waals surface area (Å²) in [6.45, 7) is 3.43. The molecule has 1 aliphatic carbocycles. The van der Waals surface area contributed by atoms with Crippen molar-refractivity contribution in [2.45, 2.75) is 26.2 Å². The summed E-state index contributed by atoms with van der Waals surface area (Å²) in [6.07, 6.45) is 7.76. The van der Waals surface area contributed by atoms with Crippen molar-refractivity contribution in [3.63, 3.8) is 0 Å². The molecule has 166 valence electrons. The van der Waals surface area contributed by atoms with E-state index < -0.39 is 0 Å². The van der Waals surface area contributed by atoms with Crippen LogP contribution in [0.4, 0.5) is 5.95 Å². The minimum absolute atomic E-state index is 0.206.